The van der Waals surface area contributed by atoms with Crippen molar-refractivity contribution in [3.05, 3.63) is 0 Å². The molecule has 0 aromatic carbocycles. The SMILES string of the molecule is ClCC1CO1.FC(F)(F)OC(F)(F)C(F)(F)OC(F)(F)COCC1CO1.O=C1OCC(COCC(F)(F)OC(F)(F)C(F)(F)OC(F)(F)F)O1.OCC(F)(F)OC(F)(F)C(F)(F)OC(F)(F)F. The van der Waals surface area contributed by atoms with Gasteiger partial charge in [0.2, 0.25) is 0 Å². The summed E-state index contributed by atoms with van der Waals surface area (Å²) < 4.78 is 366. The van der Waals surface area contributed by atoms with Crippen molar-refractivity contribution in [2.75, 3.05) is 58.7 Å². The van der Waals surface area contributed by atoms with Gasteiger partial charge in [-0.25, -0.2) is 33.2 Å². The average molecular weight is 1090 g/mol. The Bertz CT molecular complexity index is 1490. The summed E-state index contributed by atoms with van der Waals surface area (Å²) in [6.07, 6.45) is -74.4. The molecule has 0 aliphatic carbocycles. The molecule has 3 aliphatic heterocycles. The third kappa shape index (κ3) is 26.7. The van der Waals surface area contributed by atoms with Crippen LogP contribution in [0.4, 0.5) is 123 Å². The van der Waals surface area contributed by atoms with E-state index in [0.29, 0.717) is 12.0 Å². The van der Waals surface area contributed by atoms with Gasteiger partial charge in [0.05, 0.1) is 38.4 Å². The maximum atomic E-state index is 13.0. The van der Waals surface area contributed by atoms with Crippen molar-refractivity contribution in [3.8, 4) is 0 Å². The minimum Gasteiger partial charge on any atom is -0.430 e. The summed E-state index contributed by atoms with van der Waals surface area (Å²) in [7, 11) is 0. The molecule has 402 valence electrons. The molecule has 3 unspecified atom stereocenters. The Morgan fingerprint density at radius 1 is 0.448 bits per heavy atom. The summed E-state index contributed by atoms with van der Waals surface area (Å²) in [6, 6.07) is 0. The normalized spacial score (nSPS) is 20.1. The topological polar surface area (TPSA) is 155 Å². The molecule has 3 fully saturated rings. The first kappa shape index (κ1) is 64.2. The summed E-state index contributed by atoms with van der Waals surface area (Å²) in [5.74, 6) is 0.667. The first-order valence-electron chi connectivity index (χ1n) is 15.7. The first-order chi connectivity index (χ1) is 29.5. The molecule has 3 aliphatic rings. The Labute approximate surface area is 355 Å². The molecule has 0 aromatic heterocycles. The lowest BCUT2D eigenvalue weighted by atomic mass is 10.4. The van der Waals surface area contributed by atoms with E-state index in [9.17, 15) is 123 Å². The molecule has 0 radical (unpaired) electrons. The number of hydrogen-bond acceptors (Lipinski definition) is 14. The Balaban J connectivity index is 0.000000934. The zero-order valence-corrected chi connectivity index (χ0v) is 31.7. The molecule has 0 spiro atoms. The number of cyclic esters (lactones) is 2. The van der Waals surface area contributed by atoms with Gasteiger partial charge in [-0.2, -0.15) is 79.0 Å². The van der Waals surface area contributed by atoms with Crippen molar-refractivity contribution >= 4 is 17.8 Å². The van der Waals surface area contributed by atoms with Crippen LogP contribution < -0.4 is 0 Å². The van der Waals surface area contributed by atoms with Crippen LogP contribution in [-0.4, -0.2) is 162 Å². The lowest BCUT2D eigenvalue weighted by molar-refractivity contribution is -0.530. The number of aliphatic hydroxyl groups excluding tert-OH is 1. The standard InChI is InChI=1S/C9H7F9O6.C8H7F9O4.C5H3F9O3.C3H5ClO/c10-6(11,3-20-1-4-2-21-5(19)22-4)23-7(12,13)8(14,15)24-9(16,17)18;9-5(10,3-18-1-4-2-19-4)20-6(11,12)7(13,14)21-8(15,16)17;6-2(7,1-15)16-3(8,9)4(10,11)17-5(12,13)14;4-1-3-2-5-3/h4H,1-3H2;4H,1-3H2;15H,1H2;3H,1-2H2. The molecular formula is C25H22ClF27O14. The van der Waals surface area contributed by atoms with Gasteiger partial charge in [-0.1, -0.05) is 0 Å². The van der Waals surface area contributed by atoms with Gasteiger partial charge in [0.25, 0.3) is 0 Å². The van der Waals surface area contributed by atoms with Crippen LogP contribution in [0.25, 0.3) is 0 Å². The zero-order chi connectivity index (χ0) is 53.2. The molecule has 3 rings (SSSR count). The molecule has 3 atom stereocenters. The van der Waals surface area contributed by atoms with Crippen molar-refractivity contribution < 1.29 is 185 Å². The van der Waals surface area contributed by atoms with E-state index < -0.39 is 132 Å². The predicted molar refractivity (Wildman–Crippen MR) is 144 cm³/mol. The van der Waals surface area contributed by atoms with E-state index in [4.69, 9.17) is 21.4 Å². The smallest absolute Gasteiger partial charge is 0.430 e. The van der Waals surface area contributed by atoms with Crippen LogP contribution in [0.5, 0.6) is 0 Å². The van der Waals surface area contributed by atoms with E-state index in [1.807, 2.05) is 0 Å². The molecule has 42 heteroatoms. The summed E-state index contributed by atoms with van der Waals surface area (Å²) in [5, 5.41) is 7.74. The maximum absolute atomic E-state index is 13.0. The lowest BCUT2D eigenvalue weighted by Gasteiger charge is -2.29. The highest BCUT2D eigenvalue weighted by Gasteiger charge is 2.70. The van der Waals surface area contributed by atoms with Crippen molar-refractivity contribution in [3.63, 3.8) is 0 Å². The van der Waals surface area contributed by atoms with Gasteiger partial charge in [-0.15, -0.1) is 51.1 Å². The summed E-state index contributed by atoms with van der Waals surface area (Å²) in [4.78, 5) is 10.5. The quantitative estimate of drug-likeness (QED) is 0.0477. The summed E-state index contributed by atoms with van der Waals surface area (Å²) in [6.45, 7) is -6.97. The van der Waals surface area contributed by atoms with E-state index in [0.717, 1.165) is 6.61 Å². The van der Waals surface area contributed by atoms with E-state index in [-0.39, 0.29) is 6.61 Å². The van der Waals surface area contributed by atoms with Gasteiger partial charge in [0.1, 0.15) is 32.5 Å². The molecular weight excluding hydrogens is 1070 g/mol. The minimum atomic E-state index is -6.43. The molecule has 1 N–H and O–H groups in total. The highest BCUT2D eigenvalue weighted by molar-refractivity contribution is 6.18. The molecule has 3 saturated heterocycles. The third-order valence-electron chi connectivity index (χ3n) is 5.54. The van der Waals surface area contributed by atoms with Crippen molar-refractivity contribution in [2.45, 2.75) is 92.4 Å². The van der Waals surface area contributed by atoms with Crippen molar-refractivity contribution in [1.29, 1.82) is 0 Å². The fourth-order valence-corrected chi connectivity index (χ4v) is 3.01. The molecule has 14 nitrogen and oxygen atoms in total. The van der Waals surface area contributed by atoms with Gasteiger partial charge in [-0.05, 0) is 0 Å². The van der Waals surface area contributed by atoms with E-state index >= 15 is 0 Å². The number of hydrogen-bond donors (Lipinski definition) is 1. The predicted octanol–water partition coefficient (Wildman–Crippen LogP) is 8.54. The number of ether oxygens (including phenoxy) is 12. The minimum absolute atomic E-state index is 0.181. The second kappa shape index (κ2) is 23.4. The zero-order valence-electron chi connectivity index (χ0n) is 30.9. The van der Waals surface area contributed by atoms with Crippen LogP contribution in [0.15, 0.2) is 0 Å². The number of carbonyl (C=O) groups excluding carboxylic acids is 1. The molecule has 3 heterocycles. The fourth-order valence-electron chi connectivity index (χ4n) is 2.83. The third-order valence-corrected chi connectivity index (χ3v) is 5.88. The monoisotopic (exact) mass is 1090 g/mol. The highest BCUT2D eigenvalue weighted by Crippen LogP contribution is 2.46. The van der Waals surface area contributed by atoms with E-state index in [1.165, 1.54) is 0 Å². The van der Waals surface area contributed by atoms with E-state index in [2.05, 4.69) is 37.9 Å². The number of epoxide rings is 2. The fraction of sp³-hybridized carbons (Fsp3) is 0.960. The van der Waals surface area contributed by atoms with Crippen LogP contribution in [0, 0.1) is 0 Å². The van der Waals surface area contributed by atoms with Crippen LogP contribution >= 0.6 is 11.6 Å². The molecule has 0 amide bonds. The van der Waals surface area contributed by atoms with Crippen LogP contribution in [-0.2, 0) is 56.8 Å². The summed E-state index contributed by atoms with van der Waals surface area (Å²) >= 11 is 5.27. The van der Waals surface area contributed by atoms with Gasteiger partial charge < -0.3 is 33.5 Å². The Morgan fingerprint density at radius 3 is 0.955 bits per heavy atom. The second-order valence-corrected chi connectivity index (χ2v) is 11.8. The number of alkyl halides is 28. The van der Waals surface area contributed by atoms with Gasteiger partial charge in [-0.3, -0.25) is 0 Å². The van der Waals surface area contributed by atoms with Crippen molar-refractivity contribution in [2.24, 2.45) is 0 Å². The highest BCUT2D eigenvalue weighted by atomic mass is 35.5. The Kier molecular flexibility index (Phi) is 22.5. The van der Waals surface area contributed by atoms with Gasteiger partial charge in [0.15, 0.2) is 6.10 Å². The van der Waals surface area contributed by atoms with Crippen molar-refractivity contribution in [1.82, 2.24) is 0 Å². The molecule has 67 heavy (non-hydrogen) atoms. The maximum Gasteiger partial charge on any atom is 0.527 e. The number of rotatable bonds is 22. The molecule has 0 aromatic rings. The van der Waals surface area contributed by atoms with Gasteiger partial charge in [0, 0.05) is 0 Å². The largest absolute Gasteiger partial charge is 0.527 e. The van der Waals surface area contributed by atoms with Gasteiger partial charge >= 0.3 is 80.2 Å². The summed E-state index contributed by atoms with van der Waals surface area (Å²) in [5.41, 5.74) is 0. The number of halogens is 28. The molecule has 0 bridgehead atoms. The number of carbonyl (C=O) groups is 1. The van der Waals surface area contributed by atoms with E-state index in [1.54, 1.807) is 14.2 Å². The number of aliphatic hydroxyl groups is 1. The Hall–Kier alpha value is -2.77. The van der Waals surface area contributed by atoms with Crippen LogP contribution in [0.3, 0.4) is 0 Å². The second-order valence-electron chi connectivity index (χ2n) is 11.5. The Morgan fingerprint density at radius 2 is 0.731 bits per heavy atom. The molecule has 0 saturated carbocycles. The van der Waals surface area contributed by atoms with Crippen LogP contribution in [0.1, 0.15) is 0 Å². The first-order valence-corrected chi connectivity index (χ1v) is 16.3. The lowest BCUT2D eigenvalue weighted by Crippen LogP contribution is -2.52. The van der Waals surface area contributed by atoms with Crippen LogP contribution in [0.2, 0.25) is 0 Å². The average Bonchev–Trinajstić information content (AvgIpc) is 4.00.